The molecular weight excluding hydrogens is 276 g/mol. The summed E-state index contributed by atoms with van der Waals surface area (Å²) >= 11 is 0. The number of unbranched alkanes of at least 4 members (excludes halogenated alkanes) is 2. The fraction of sp³-hybridized carbons (Fsp3) is 0.611. The molecule has 0 saturated heterocycles. The third-order valence-electron chi connectivity index (χ3n) is 3.69. The van der Waals surface area contributed by atoms with E-state index in [-0.39, 0.29) is 5.97 Å². The Balaban J connectivity index is 2.29. The molecule has 124 valence electrons. The van der Waals surface area contributed by atoms with Crippen molar-refractivity contribution in [3.63, 3.8) is 0 Å². The lowest BCUT2D eigenvalue weighted by Gasteiger charge is -2.21. The van der Waals surface area contributed by atoms with Crippen LogP contribution in [0.2, 0.25) is 0 Å². The maximum Gasteiger partial charge on any atom is 0.340 e. The Labute approximate surface area is 134 Å². The Morgan fingerprint density at radius 1 is 1.05 bits per heavy atom. The van der Waals surface area contributed by atoms with Crippen LogP contribution in [0, 0.1) is 0 Å². The Morgan fingerprint density at radius 3 is 2.23 bits per heavy atom. The lowest BCUT2D eigenvalue weighted by Crippen LogP contribution is -2.28. The van der Waals surface area contributed by atoms with Crippen molar-refractivity contribution < 1.29 is 9.53 Å². The van der Waals surface area contributed by atoms with Crippen molar-refractivity contribution in [1.82, 2.24) is 4.90 Å². The molecule has 1 aromatic carbocycles. The maximum absolute atomic E-state index is 11.9. The van der Waals surface area contributed by atoms with Crippen molar-refractivity contribution in [2.24, 2.45) is 0 Å². The van der Waals surface area contributed by atoms with Crippen LogP contribution in [0.15, 0.2) is 24.3 Å². The number of esters is 1. The van der Waals surface area contributed by atoms with Crippen LogP contribution in [-0.4, -0.2) is 37.1 Å². The predicted octanol–water partition coefficient (Wildman–Crippen LogP) is 3.72. The molecule has 0 aliphatic carbocycles. The molecule has 22 heavy (non-hydrogen) atoms. The lowest BCUT2D eigenvalue weighted by molar-refractivity contribution is 0.0489. The molecule has 0 aliphatic heterocycles. The zero-order chi connectivity index (χ0) is 16.2. The summed E-state index contributed by atoms with van der Waals surface area (Å²) in [6.07, 6.45) is 5.75. The van der Waals surface area contributed by atoms with Crippen LogP contribution in [0.5, 0.6) is 0 Å². The van der Waals surface area contributed by atoms with E-state index in [1.807, 2.05) is 6.07 Å². The molecule has 0 aliphatic rings. The minimum absolute atomic E-state index is 0.327. The number of hydrogen-bond acceptors (Lipinski definition) is 4. The zero-order valence-electron chi connectivity index (χ0n) is 14.0. The fourth-order valence-electron chi connectivity index (χ4n) is 2.31. The van der Waals surface area contributed by atoms with Gasteiger partial charge in [0.15, 0.2) is 0 Å². The van der Waals surface area contributed by atoms with Gasteiger partial charge >= 0.3 is 5.97 Å². The van der Waals surface area contributed by atoms with Gasteiger partial charge in [0.05, 0.1) is 12.2 Å². The molecular formula is C18H30N2O2. The molecule has 0 radical (unpaired) electrons. The zero-order valence-corrected chi connectivity index (χ0v) is 14.0. The third-order valence-corrected chi connectivity index (χ3v) is 3.69. The van der Waals surface area contributed by atoms with Crippen LogP contribution >= 0.6 is 0 Å². The van der Waals surface area contributed by atoms with Gasteiger partial charge in [-0.05, 0) is 44.5 Å². The number of hydrogen-bond donors (Lipinski definition) is 1. The third kappa shape index (κ3) is 6.94. The molecule has 0 saturated carbocycles. The van der Waals surface area contributed by atoms with Crippen molar-refractivity contribution >= 4 is 11.7 Å². The second kappa shape index (κ2) is 11.1. The first-order valence-corrected chi connectivity index (χ1v) is 8.43. The SMILES string of the molecule is CCCCN(CCCC)CCCOC(=O)c1ccccc1N. The van der Waals surface area contributed by atoms with Gasteiger partial charge in [0.2, 0.25) is 0 Å². The number of carbonyl (C=O) groups excluding carboxylic acids is 1. The van der Waals surface area contributed by atoms with Crippen LogP contribution in [-0.2, 0) is 4.74 Å². The van der Waals surface area contributed by atoms with Gasteiger partial charge in [-0.2, -0.15) is 0 Å². The molecule has 2 N–H and O–H groups in total. The average molecular weight is 306 g/mol. The number of nitrogen functional groups attached to an aromatic ring is 1. The van der Waals surface area contributed by atoms with Crippen molar-refractivity contribution in [2.75, 3.05) is 32.0 Å². The predicted molar refractivity (Wildman–Crippen MR) is 92.0 cm³/mol. The van der Waals surface area contributed by atoms with Crippen molar-refractivity contribution in [1.29, 1.82) is 0 Å². The maximum atomic E-state index is 11.9. The fourth-order valence-corrected chi connectivity index (χ4v) is 2.31. The van der Waals surface area contributed by atoms with E-state index in [1.54, 1.807) is 18.2 Å². The molecule has 1 rings (SSSR count). The van der Waals surface area contributed by atoms with Gasteiger partial charge < -0.3 is 15.4 Å². The summed E-state index contributed by atoms with van der Waals surface area (Å²) < 4.78 is 5.32. The first kappa shape index (κ1) is 18.5. The van der Waals surface area contributed by atoms with Gasteiger partial charge in [0, 0.05) is 12.2 Å². The van der Waals surface area contributed by atoms with Crippen molar-refractivity contribution in [3.05, 3.63) is 29.8 Å². The molecule has 0 aromatic heterocycles. The standard InChI is InChI=1S/C18H30N2O2/c1-3-5-12-20(13-6-4-2)14-9-15-22-18(21)16-10-7-8-11-17(16)19/h7-8,10-11H,3-6,9,12-15,19H2,1-2H3. The lowest BCUT2D eigenvalue weighted by atomic mass is 10.2. The van der Waals surface area contributed by atoms with E-state index in [1.165, 1.54) is 25.7 Å². The van der Waals surface area contributed by atoms with E-state index >= 15 is 0 Å². The van der Waals surface area contributed by atoms with Gasteiger partial charge in [-0.3, -0.25) is 0 Å². The number of nitrogens with zero attached hydrogens (tertiary/aromatic N) is 1. The largest absolute Gasteiger partial charge is 0.462 e. The Hall–Kier alpha value is -1.55. The van der Waals surface area contributed by atoms with Crippen LogP contribution < -0.4 is 5.73 Å². The molecule has 0 bridgehead atoms. The minimum Gasteiger partial charge on any atom is -0.462 e. The highest BCUT2D eigenvalue weighted by molar-refractivity contribution is 5.94. The van der Waals surface area contributed by atoms with Gasteiger partial charge in [-0.1, -0.05) is 38.8 Å². The highest BCUT2D eigenvalue weighted by atomic mass is 16.5. The quantitative estimate of drug-likeness (QED) is 0.384. The van der Waals surface area contributed by atoms with E-state index in [0.29, 0.717) is 17.9 Å². The van der Waals surface area contributed by atoms with Crippen LogP contribution in [0.4, 0.5) is 5.69 Å². The van der Waals surface area contributed by atoms with E-state index in [9.17, 15) is 4.79 Å². The minimum atomic E-state index is -0.327. The summed E-state index contributed by atoms with van der Waals surface area (Å²) in [5.41, 5.74) is 6.70. The average Bonchev–Trinajstić information content (AvgIpc) is 2.53. The highest BCUT2D eigenvalue weighted by Crippen LogP contribution is 2.12. The molecule has 0 heterocycles. The highest BCUT2D eigenvalue weighted by Gasteiger charge is 2.10. The van der Waals surface area contributed by atoms with Gasteiger partial charge in [-0.25, -0.2) is 4.79 Å². The smallest absolute Gasteiger partial charge is 0.340 e. The number of ether oxygens (including phenoxy) is 1. The summed E-state index contributed by atoms with van der Waals surface area (Å²) in [5.74, 6) is -0.327. The molecule has 4 heteroatoms. The summed E-state index contributed by atoms with van der Waals surface area (Å²) in [6.45, 7) is 8.12. The van der Waals surface area contributed by atoms with Crippen LogP contribution in [0.3, 0.4) is 0 Å². The van der Waals surface area contributed by atoms with E-state index < -0.39 is 0 Å². The van der Waals surface area contributed by atoms with Crippen LogP contribution in [0.1, 0.15) is 56.3 Å². The summed E-state index contributed by atoms with van der Waals surface area (Å²) in [7, 11) is 0. The number of para-hydroxylation sites is 1. The first-order chi connectivity index (χ1) is 10.7. The van der Waals surface area contributed by atoms with Gasteiger partial charge in [-0.15, -0.1) is 0 Å². The first-order valence-electron chi connectivity index (χ1n) is 8.43. The Kier molecular flexibility index (Phi) is 9.31. The summed E-state index contributed by atoms with van der Waals surface area (Å²) in [5, 5.41) is 0. The summed E-state index contributed by atoms with van der Waals surface area (Å²) in [6, 6.07) is 7.02. The number of carbonyl (C=O) groups is 1. The number of nitrogens with two attached hydrogens (primary N) is 1. The van der Waals surface area contributed by atoms with Gasteiger partial charge in [0.25, 0.3) is 0 Å². The molecule has 0 amide bonds. The van der Waals surface area contributed by atoms with E-state index in [0.717, 1.165) is 26.1 Å². The molecule has 0 fully saturated rings. The number of benzene rings is 1. The van der Waals surface area contributed by atoms with Gasteiger partial charge in [0.1, 0.15) is 0 Å². The molecule has 0 atom stereocenters. The van der Waals surface area contributed by atoms with Crippen LogP contribution in [0.25, 0.3) is 0 Å². The molecule has 0 spiro atoms. The number of rotatable bonds is 11. The summed E-state index contributed by atoms with van der Waals surface area (Å²) in [4.78, 5) is 14.4. The Bertz CT molecular complexity index is 427. The topological polar surface area (TPSA) is 55.6 Å². The molecule has 4 nitrogen and oxygen atoms in total. The molecule has 1 aromatic rings. The number of anilines is 1. The second-order valence-electron chi connectivity index (χ2n) is 5.63. The van der Waals surface area contributed by atoms with E-state index in [4.69, 9.17) is 10.5 Å². The Morgan fingerprint density at radius 2 is 1.64 bits per heavy atom. The normalized spacial score (nSPS) is 10.9. The van der Waals surface area contributed by atoms with E-state index in [2.05, 4.69) is 18.7 Å². The monoisotopic (exact) mass is 306 g/mol. The van der Waals surface area contributed by atoms with Crippen molar-refractivity contribution in [3.8, 4) is 0 Å². The van der Waals surface area contributed by atoms with Crippen molar-refractivity contribution in [2.45, 2.75) is 46.0 Å². The molecule has 0 unspecified atom stereocenters. The second-order valence-corrected chi connectivity index (χ2v) is 5.63.